The highest BCUT2D eigenvalue weighted by atomic mass is 15.5. The monoisotopic (exact) mass is 135 g/mol. The Balaban J connectivity index is 2.20. The number of hydrogen-bond donors (Lipinski definition) is 1. The predicted molar refractivity (Wildman–Crippen MR) is 37.9 cm³/mol. The van der Waals surface area contributed by atoms with Crippen LogP contribution in [0.5, 0.6) is 0 Å². The first-order valence-corrected chi connectivity index (χ1v) is 3.18. The van der Waals surface area contributed by atoms with Crippen molar-refractivity contribution in [3.8, 4) is 0 Å². The first-order chi connectivity index (χ1) is 4.97. The minimum Gasteiger partial charge on any atom is -0.340 e. The third-order valence-electron chi connectivity index (χ3n) is 1.39. The number of rotatable bonds is 1. The molecule has 0 unspecified atom stereocenters. The van der Waals surface area contributed by atoms with Crippen LogP contribution in [0.15, 0.2) is 11.3 Å². The highest BCUT2D eigenvalue weighted by Crippen LogP contribution is 2.11. The van der Waals surface area contributed by atoms with Gasteiger partial charge in [0.2, 0.25) is 0 Å². The average Bonchev–Trinajstić information content (AvgIpc) is 2.59. The lowest BCUT2D eigenvalue weighted by Gasteiger charge is -2.07. The van der Waals surface area contributed by atoms with E-state index in [-0.39, 0.29) is 0 Å². The van der Waals surface area contributed by atoms with Crippen molar-refractivity contribution in [1.29, 1.82) is 0 Å². The van der Waals surface area contributed by atoms with Gasteiger partial charge < -0.3 is 4.98 Å². The summed E-state index contributed by atoms with van der Waals surface area (Å²) in [6.07, 6.45) is 7.29. The predicted octanol–water partition coefficient (Wildman–Crippen LogP) is 0.406. The molecular formula is C6H7N4. The summed E-state index contributed by atoms with van der Waals surface area (Å²) in [5, 5.41) is 5.92. The van der Waals surface area contributed by atoms with Crippen LogP contribution in [-0.4, -0.2) is 22.7 Å². The number of anilines is 1. The van der Waals surface area contributed by atoms with E-state index in [1.54, 1.807) is 6.20 Å². The summed E-state index contributed by atoms with van der Waals surface area (Å²) in [7, 11) is 0. The number of hydrazone groups is 1. The van der Waals surface area contributed by atoms with Crippen LogP contribution in [0, 0.1) is 6.33 Å². The second-order valence-electron chi connectivity index (χ2n) is 2.08. The van der Waals surface area contributed by atoms with Crippen molar-refractivity contribution in [2.24, 2.45) is 5.10 Å². The van der Waals surface area contributed by atoms with Crippen LogP contribution in [-0.2, 0) is 0 Å². The summed E-state index contributed by atoms with van der Waals surface area (Å²) in [6.45, 7) is 0.929. The Morgan fingerprint density at radius 2 is 2.70 bits per heavy atom. The molecule has 0 aliphatic carbocycles. The van der Waals surface area contributed by atoms with E-state index in [0.29, 0.717) is 0 Å². The Hall–Kier alpha value is -1.32. The van der Waals surface area contributed by atoms with Crippen molar-refractivity contribution >= 4 is 12.0 Å². The molecule has 1 radical (unpaired) electrons. The van der Waals surface area contributed by atoms with Gasteiger partial charge in [-0.05, 0) is 0 Å². The molecule has 0 saturated heterocycles. The van der Waals surface area contributed by atoms with Gasteiger partial charge in [-0.3, -0.25) is 0 Å². The number of nitrogens with zero attached hydrogens (tertiary/aromatic N) is 3. The van der Waals surface area contributed by atoms with Crippen molar-refractivity contribution in [3.05, 3.63) is 12.5 Å². The summed E-state index contributed by atoms with van der Waals surface area (Å²) in [4.78, 5) is 6.68. The summed E-state index contributed by atoms with van der Waals surface area (Å²) < 4.78 is 0. The van der Waals surface area contributed by atoms with E-state index < -0.39 is 0 Å². The summed E-state index contributed by atoms with van der Waals surface area (Å²) in [6, 6.07) is 0. The summed E-state index contributed by atoms with van der Waals surface area (Å²) in [5.74, 6) is 0.841. The van der Waals surface area contributed by atoms with E-state index in [0.717, 1.165) is 18.8 Å². The SMILES string of the molecule is [c]1nc(N2CCC=N2)c[nH]1. The molecule has 4 heteroatoms. The molecule has 2 heterocycles. The number of aromatic nitrogens is 2. The second-order valence-corrected chi connectivity index (χ2v) is 2.08. The first kappa shape index (κ1) is 5.46. The van der Waals surface area contributed by atoms with E-state index in [2.05, 4.69) is 21.4 Å². The van der Waals surface area contributed by atoms with Gasteiger partial charge in [0.15, 0.2) is 12.1 Å². The van der Waals surface area contributed by atoms with Crippen LogP contribution in [0.1, 0.15) is 6.42 Å². The van der Waals surface area contributed by atoms with Gasteiger partial charge >= 0.3 is 0 Å². The number of hydrogen-bond acceptors (Lipinski definition) is 3. The van der Waals surface area contributed by atoms with E-state index in [1.165, 1.54) is 0 Å². The lowest BCUT2D eigenvalue weighted by molar-refractivity contribution is 0.902. The maximum atomic E-state index is 4.08. The Kier molecular flexibility index (Phi) is 1.16. The molecule has 2 rings (SSSR count). The standard InChI is InChI=1S/C6H7N4/c1-2-9-10(3-1)6-4-7-5-8-6/h2,4H,1,3H2,(H,7,8). The highest BCUT2D eigenvalue weighted by molar-refractivity contribution is 5.63. The first-order valence-electron chi connectivity index (χ1n) is 3.18. The fourth-order valence-corrected chi connectivity index (χ4v) is 0.919. The maximum Gasteiger partial charge on any atom is 0.175 e. The van der Waals surface area contributed by atoms with Crippen molar-refractivity contribution in [2.45, 2.75) is 6.42 Å². The third kappa shape index (κ3) is 0.775. The van der Waals surface area contributed by atoms with Crippen LogP contribution in [0.4, 0.5) is 5.82 Å². The molecule has 0 amide bonds. The van der Waals surface area contributed by atoms with Crippen LogP contribution in [0.25, 0.3) is 0 Å². The molecule has 1 N–H and O–H groups in total. The zero-order valence-corrected chi connectivity index (χ0v) is 5.41. The molecule has 0 aromatic carbocycles. The Labute approximate surface area is 58.6 Å². The largest absolute Gasteiger partial charge is 0.340 e. The fourth-order valence-electron chi connectivity index (χ4n) is 0.919. The van der Waals surface area contributed by atoms with Gasteiger partial charge in [-0.2, -0.15) is 5.10 Å². The Morgan fingerprint density at radius 1 is 1.70 bits per heavy atom. The van der Waals surface area contributed by atoms with Crippen LogP contribution < -0.4 is 5.01 Å². The lowest BCUT2D eigenvalue weighted by atomic mass is 10.5. The van der Waals surface area contributed by atoms with Crippen LogP contribution in [0.2, 0.25) is 0 Å². The molecule has 1 aliphatic rings. The minimum atomic E-state index is 0.841. The van der Waals surface area contributed by atoms with Gasteiger partial charge in [0.05, 0.1) is 0 Å². The van der Waals surface area contributed by atoms with E-state index in [9.17, 15) is 0 Å². The molecule has 1 aliphatic heterocycles. The molecular weight excluding hydrogens is 128 g/mol. The summed E-state index contributed by atoms with van der Waals surface area (Å²) >= 11 is 0. The quantitative estimate of drug-likeness (QED) is 0.606. The van der Waals surface area contributed by atoms with Crippen molar-refractivity contribution in [3.63, 3.8) is 0 Å². The van der Waals surface area contributed by atoms with Crippen molar-refractivity contribution < 1.29 is 0 Å². The molecule has 0 bridgehead atoms. The molecule has 0 spiro atoms. The van der Waals surface area contributed by atoms with E-state index in [1.807, 2.05) is 11.2 Å². The highest BCUT2D eigenvalue weighted by Gasteiger charge is 2.08. The molecule has 0 fully saturated rings. The molecule has 51 valence electrons. The molecule has 0 saturated carbocycles. The smallest absolute Gasteiger partial charge is 0.175 e. The molecule has 4 nitrogen and oxygen atoms in total. The maximum absolute atomic E-state index is 4.08. The summed E-state index contributed by atoms with van der Waals surface area (Å²) in [5.41, 5.74) is 0. The third-order valence-corrected chi connectivity index (χ3v) is 1.39. The number of nitrogens with one attached hydrogen (secondary N) is 1. The fraction of sp³-hybridized carbons (Fsp3) is 0.333. The van der Waals surface area contributed by atoms with Gasteiger partial charge in [-0.1, -0.05) is 0 Å². The Bertz CT molecular complexity index is 226. The van der Waals surface area contributed by atoms with E-state index >= 15 is 0 Å². The van der Waals surface area contributed by atoms with Gasteiger partial charge in [-0.15, -0.1) is 0 Å². The number of H-pyrrole nitrogens is 1. The zero-order valence-electron chi connectivity index (χ0n) is 5.41. The minimum absolute atomic E-state index is 0.841. The Morgan fingerprint density at radius 3 is 3.30 bits per heavy atom. The lowest BCUT2D eigenvalue weighted by Crippen LogP contribution is -2.11. The number of imidazole rings is 1. The van der Waals surface area contributed by atoms with Gasteiger partial charge in [0.1, 0.15) is 0 Å². The normalized spacial score (nSPS) is 16.6. The van der Waals surface area contributed by atoms with Gasteiger partial charge in [0.25, 0.3) is 0 Å². The van der Waals surface area contributed by atoms with Crippen LogP contribution in [0.3, 0.4) is 0 Å². The molecule has 1 aromatic rings. The van der Waals surface area contributed by atoms with Gasteiger partial charge in [0, 0.05) is 25.4 Å². The second kappa shape index (κ2) is 2.13. The molecule has 1 aromatic heterocycles. The molecule has 0 atom stereocenters. The number of aromatic amines is 1. The van der Waals surface area contributed by atoms with Crippen molar-refractivity contribution in [2.75, 3.05) is 11.6 Å². The topological polar surface area (TPSA) is 44.3 Å². The van der Waals surface area contributed by atoms with E-state index in [4.69, 9.17) is 0 Å². The average molecular weight is 135 g/mol. The van der Waals surface area contributed by atoms with Crippen LogP contribution >= 0.6 is 0 Å². The van der Waals surface area contributed by atoms with Crippen molar-refractivity contribution in [1.82, 2.24) is 9.97 Å². The molecule has 10 heavy (non-hydrogen) atoms. The zero-order chi connectivity index (χ0) is 6.81. The van der Waals surface area contributed by atoms with Gasteiger partial charge in [-0.25, -0.2) is 9.99 Å².